The minimum atomic E-state index is -0.214. The summed E-state index contributed by atoms with van der Waals surface area (Å²) in [7, 11) is 0. The molecule has 0 spiro atoms. The highest BCUT2D eigenvalue weighted by molar-refractivity contribution is 5.73. The zero-order valence-electron chi connectivity index (χ0n) is 7.92. The van der Waals surface area contributed by atoms with Gasteiger partial charge < -0.3 is 15.8 Å². The second-order valence-electron chi connectivity index (χ2n) is 3.41. The van der Waals surface area contributed by atoms with E-state index in [1.165, 1.54) is 0 Å². The van der Waals surface area contributed by atoms with Crippen LogP contribution < -0.4 is 11.1 Å². The first kappa shape index (κ1) is 10.5. The molecule has 4 nitrogen and oxygen atoms in total. The van der Waals surface area contributed by atoms with Crippen molar-refractivity contribution in [2.45, 2.75) is 31.7 Å². The molecule has 0 aliphatic carbocycles. The molecular formula is C9H18N2O2. The summed E-state index contributed by atoms with van der Waals surface area (Å²) in [6.45, 7) is 2.59. The van der Waals surface area contributed by atoms with E-state index in [1.807, 2.05) is 0 Å². The van der Waals surface area contributed by atoms with Crippen molar-refractivity contribution >= 4 is 5.91 Å². The van der Waals surface area contributed by atoms with Crippen LogP contribution in [0.5, 0.6) is 0 Å². The summed E-state index contributed by atoms with van der Waals surface area (Å²) in [5.74, 6) is -0.214. The van der Waals surface area contributed by atoms with Gasteiger partial charge in [0, 0.05) is 25.7 Å². The van der Waals surface area contributed by atoms with Crippen LogP contribution >= 0.6 is 0 Å². The Morgan fingerprint density at radius 1 is 1.46 bits per heavy atom. The van der Waals surface area contributed by atoms with E-state index in [0.29, 0.717) is 12.5 Å². The molecule has 1 amide bonds. The highest BCUT2D eigenvalue weighted by Gasteiger charge is 2.11. The monoisotopic (exact) mass is 186 g/mol. The van der Waals surface area contributed by atoms with Gasteiger partial charge in [-0.3, -0.25) is 4.79 Å². The van der Waals surface area contributed by atoms with Crippen LogP contribution in [-0.2, 0) is 9.53 Å². The van der Waals surface area contributed by atoms with E-state index >= 15 is 0 Å². The van der Waals surface area contributed by atoms with Gasteiger partial charge in [0.05, 0.1) is 0 Å². The Balaban J connectivity index is 1.95. The van der Waals surface area contributed by atoms with Gasteiger partial charge in [-0.05, 0) is 25.8 Å². The van der Waals surface area contributed by atoms with Crippen LogP contribution in [0, 0.1) is 0 Å². The van der Waals surface area contributed by atoms with Crippen LogP contribution in [0.15, 0.2) is 0 Å². The van der Waals surface area contributed by atoms with Crippen molar-refractivity contribution in [3.63, 3.8) is 0 Å². The molecule has 0 atom stereocenters. The normalized spacial score (nSPS) is 18.8. The Bertz CT molecular complexity index is 156. The van der Waals surface area contributed by atoms with Crippen molar-refractivity contribution in [2.24, 2.45) is 5.73 Å². The van der Waals surface area contributed by atoms with Gasteiger partial charge >= 0.3 is 0 Å². The van der Waals surface area contributed by atoms with Crippen molar-refractivity contribution in [3.05, 3.63) is 0 Å². The standard InChI is InChI=1S/C9H18N2O2/c10-9(12)2-1-5-11-8-3-6-13-7-4-8/h8,11H,1-7H2,(H2,10,12). The predicted octanol–water partition coefficient (Wildman–Crippen LogP) is 0.0205. The van der Waals surface area contributed by atoms with Gasteiger partial charge in [-0.1, -0.05) is 0 Å². The third-order valence-electron chi connectivity index (χ3n) is 2.25. The molecule has 1 heterocycles. The number of carbonyl (C=O) groups is 1. The Morgan fingerprint density at radius 3 is 2.77 bits per heavy atom. The topological polar surface area (TPSA) is 64.4 Å². The number of primary amides is 1. The van der Waals surface area contributed by atoms with Crippen molar-refractivity contribution in [1.82, 2.24) is 5.32 Å². The number of carbonyl (C=O) groups excluding carboxylic acids is 1. The van der Waals surface area contributed by atoms with Crippen LogP contribution in [0.25, 0.3) is 0 Å². The second kappa shape index (κ2) is 5.94. The van der Waals surface area contributed by atoms with Gasteiger partial charge in [-0.25, -0.2) is 0 Å². The van der Waals surface area contributed by atoms with E-state index in [-0.39, 0.29) is 5.91 Å². The summed E-state index contributed by atoms with van der Waals surface area (Å²) in [4.78, 5) is 10.4. The quantitative estimate of drug-likeness (QED) is 0.595. The fraction of sp³-hybridized carbons (Fsp3) is 0.889. The summed E-state index contributed by atoms with van der Waals surface area (Å²) in [6.07, 6.45) is 3.48. The maximum absolute atomic E-state index is 10.4. The third-order valence-corrected chi connectivity index (χ3v) is 2.25. The molecule has 0 bridgehead atoms. The predicted molar refractivity (Wildman–Crippen MR) is 50.3 cm³/mol. The third kappa shape index (κ3) is 4.85. The van der Waals surface area contributed by atoms with Crippen LogP contribution in [0.2, 0.25) is 0 Å². The van der Waals surface area contributed by atoms with Crippen molar-refractivity contribution < 1.29 is 9.53 Å². The summed E-state index contributed by atoms with van der Waals surface area (Å²) in [5.41, 5.74) is 5.02. The Labute approximate surface area is 78.8 Å². The Hall–Kier alpha value is -0.610. The van der Waals surface area contributed by atoms with E-state index in [1.54, 1.807) is 0 Å². The molecule has 0 aromatic heterocycles. The van der Waals surface area contributed by atoms with Gasteiger partial charge in [-0.2, -0.15) is 0 Å². The average Bonchev–Trinajstić information content (AvgIpc) is 2.14. The van der Waals surface area contributed by atoms with Gasteiger partial charge in [-0.15, -0.1) is 0 Å². The van der Waals surface area contributed by atoms with Crippen molar-refractivity contribution in [3.8, 4) is 0 Å². The number of hydrogen-bond donors (Lipinski definition) is 2. The fourth-order valence-electron chi connectivity index (χ4n) is 1.47. The molecule has 0 aromatic rings. The van der Waals surface area contributed by atoms with Gasteiger partial charge in [0.25, 0.3) is 0 Å². The molecule has 0 radical (unpaired) electrons. The molecular weight excluding hydrogens is 168 g/mol. The molecule has 1 fully saturated rings. The SMILES string of the molecule is NC(=O)CCCNC1CCOCC1. The van der Waals surface area contributed by atoms with E-state index in [0.717, 1.165) is 39.0 Å². The maximum Gasteiger partial charge on any atom is 0.217 e. The highest BCUT2D eigenvalue weighted by Crippen LogP contribution is 2.05. The highest BCUT2D eigenvalue weighted by atomic mass is 16.5. The maximum atomic E-state index is 10.4. The minimum absolute atomic E-state index is 0.214. The van der Waals surface area contributed by atoms with Crippen molar-refractivity contribution in [2.75, 3.05) is 19.8 Å². The van der Waals surface area contributed by atoms with Crippen LogP contribution in [0.3, 0.4) is 0 Å². The fourth-order valence-corrected chi connectivity index (χ4v) is 1.47. The number of rotatable bonds is 5. The second-order valence-corrected chi connectivity index (χ2v) is 3.41. The lowest BCUT2D eigenvalue weighted by atomic mass is 10.1. The molecule has 1 saturated heterocycles. The zero-order valence-corrected chi connectivity index (χ0v) is 7.92. The summed E-state index contributed by atoms with van der Waals surface area (Å²) in [5, 5.41) is 3.39. The summed E-state index contributed by atoms with van der Waals surface area (Å²) < 4.78 is 5.23. The molecule has 1 aliphatic heterocycles. The summed E-state index contributed by atoms with van der Waals surface area (Å²) in [6, 6.07) is 0.571. The molecule has 13 heavy (non-hydrogen) atoms. The molecule has 1 aliphatic rings. The number of hydrogen-bond acceptors (Lipinski definition) is 3. The first-order chi connectivity index (χ1) is 6.29. The molecule has 0 saturated carbocycles. The van der Waals surface area contributed by atoms with E-state index in [4.69, 9.17) is 10.5 Å². The van der Waals surface area contributed by atoms with Gasteiger partial charge in [0.15, 0.2) is 0 Å². The molecule has 1 rings (SSSR count). The Kier molecular flexibility index (Phi) is 4.78. The summed E-state index contributed by atoms with van der Waals surface area (Å²) >= 11 is 0. The van der Waals surface area contributed by atoms with Crippen LogP contribution in [-0.4, -0.2) is 31.7 Å². The van der Waals surface area contributed by atoms with Crippen LogP contribution in [0.1, 0.15) is 25.7 Å². The number of nitrogens with one attached hydrogen (secondary N) is 1. The molecule has 4 heteroatoms. The van der Waals surface area contributed by atoms with E-state index < -0.39 is 0 Å². The van der Waals surface area contributed by atoms with E-state index in [9.17, 15) is 4.79 Å². The van der Waals surface area contributed by atoms with Crippen molar-refractivity contribution in [1.29, 1.82) is 0 Å². The zero-order chi connectivity index (χ0) is 9.52. The lowest BCUT2D eigenvalue weighted by molar-refractivity contribution is -0.118. The molecule has 76 valence electrons. The average molecular weight is 186 g/mol. The number of nitrogens with two attached hydrogens (primary N) is 1. The largest absolute Gasteiger partial charge is 0.381 e. The molecule has 0 unspecified atom stereocenters. The van der Waals surface area contributed by atoms with Gasteiger partial charge in [0.1, 0.15) is 0 Å². The first-order valence-corrected chi connectivity index (χ1v) is 4.88. The lowest BCUT2D eigenvalue weighted by Crippen LogP contribution is -2.35. The smallest absolute Gasteiger partial charge is 0.217 e. The number of amides is 1. The number of ether oxygens (including phenoxy) is 1. The molecule has 3 N–H and O–H groups in total. The minimum Gasteiger partial charge on any atom is -0.381 e. The molecule has 0 aromatic carbocycles. The van der Waals surface area contributed by atoms with Gasteiger partial charge in [0.2, 0.25) is 5.91 Å². The first-order valence-electron chi connectivity index (χ1n) is 4.88. The lowest BCUT2D eigenvalue weighted by Gasteiger charge is -2.22. The van der Waals surface area contributed by atoms with E-state index in [2.05, 4.69) is 5.32 Å². The van der Waals surface area contributed by atoms with Crippen LogP contribution in [0.4, 0.5) is 0 Å². The Morgan fingerprint density at radius 2 is 2.15 bits per heavy atom.